The van der Waals surface area contributed by atoms with Gasteiger partial charge >= 0.3 is 0 Å². The molecule has 0 amide bonds. The summed E-state index contributed by atoms with van der Waals surface area (Å²) in [5.74, 6) is 1.20. The van der Waals surface area contributed by atoms with E-state index in [4.69, 9.17) is 10.9 Å². The number of thioether (sulfide) groups is 1. The fraction of sp³-hybridized carbons (Fsp3) is 0.333. The van der Waals surface area contributed by atoms with Gasteiger partial charge in [0.1, 0.15) is 11.8 Å². The van der Waals surface area contributed by atoms with E-state index in [1.165, 1.54) is 18.5 Å². The standard InChI is InChI=1S/C18H22N8O2S2/c1-2-6-26-14-5-4-12(30(20,27)28)9-13(14)24-18(26)29-8-3-7-25-11-23-15-16(19)21-10-22-17(15)25/h4-5,9-11H,2-3,6-8H2,1H3,(H2,19,21,22)(H2,20,27,28). The minimum Gasteiger partial charge on any atom is -0.382 e. The van der Waals surface area contributed by atoms with Crippen LogP contribution in [0.4, 0.5) is 5.82 Å². The third-order valence-corrected chi connectivity index (χ3v) is 6.64. The second-order valence-electron chi connectivity index (χ2n) is 6.81. The fourth-order valence-electron chi connectivity index (χ4n) is 3.28. The summed E-state index contributed by atoms with van der Waals surface area (Å²) in [5, 5.41) is 6.11. The number of nitrogens with two attached hydrogens (primary N) is 2. The van der Waals surface area contributed by atoms with Gasteiger partial charge in [0.2, 0.25) is 10.0 Å². The highest BCUT2D eigenvalue weighted by Gasteiger charge is 2.15. The number of primary sulfonamides is 1. The van der Waals surface area contributed by atoms with Crippen LogP contribution in [0, 0.1) is 0 Å². The van der Waals surface area contributed by atoms with Gasteiger partial charge in [-0.1, -0.05) is 18.7 Å². The van der Waals surface area contributed by atoms with Gasteiger partial charge in [-0.15, -0.1) is 0 Å². The summed E-state index contributed by atoms with van der Waals surface area (Å²) in [6.45, 7) is 3.64. The molecule has 0 saturated heterocycles. The zero-order valence-corrected chi connectivity index (χ0v) is 18.0. The summed E-state index contributed by atoms with van der Waals surface area (Å²) < 4.78 is 27.4. The van der Waals surface area contributed by atoms with E-state index in [1.807, 2.05) is 4.57 Å². The number of hydrogen-bond acceptors (Lipinski definition) is 8. The zero-order valence-electron chi connectivity index (χ0n) is 16.4. The normalized spacial score (nSPS) is 12.2. The van der Waals surface area contributed by atoms with E-state index in [-0.39, 0.29) is 4.90 Å². The number of aryl methyl sites for hydroxylation is 2. The average Bonchev–Trinajstić information content (AvgIpc) is 3.27. The number of sulfonamides is 1. The molecule has 10 nitrogen and oxygen atoms in total. The lowest BCUT2D eigenvalue weighted by atomic mass is 10.3. The Balaban J connectivity index is 1.50. The van der Waals surface area contributed by atoms with Gasteiger partial charge in [-0.2, -0.15) is 0 Å². The molecule has 158 valence electrons. The predicted octanol–water partition coefficient (Wildman–Crippen LogP) is 2.00. The van der Waals surface area contributed by atoms with Crippen LogP contribution in [0.25, 0.3) is 22.2 Å². The monoisotopic (exact) mass is 446 g/mol. The lowest BCUT2D eigenvalue weighted by Crippen LogP contribution is -2.11. The predicted molar refractivity (Wildman–Crippen MR) is 116 cm³/mol. The summed E-state index contributed by atoms with van der Waals surface area (Å²) in [5.41, 5.74) is 8.70. The van der Waals surface area contributed by atoms with Crippen LogP contribution in [0.15, 0.2) is 40.9 Å². The van der Waals surface area contributed by atoms with Gasteiger partial charge in [0.15, 0.2) is 16.6 Å². The quantitative estimate of drug-likeness (QED) is 0.308. The van der Waals surface area contributed by atoms with E-state index in [1.54, 1.807) is 24.2 Å². The molecule has 0 unspecified atom stereocenters. The first kappa shape index (κ1) is 20.6. The molecule has 0 saturated carbocycles. The molecule has 0 bridgehead atoms. The van der Waals surface area contributed by atoms with Crippen molar-refractivity contribution in [3.05, 3.63) is 30.9 Å². The number of imidazole rings is 2. The number of aromatic nitrogens is 6. The van der Waals surface area contributed by atoms with E-state index >= 15 is 0 Å². The number of rotatable bonds is 8. The minimum atomic E-state index is -3.76. The molecule has 0 aliphatic heterocycles. The lowest BCUT2D eigenvalue weighted by Gasteiger charge is -2.08. The molecule has 4 aromatic rings. The Bertz CT molecular complexity index is 1310. The van der Waals surface area contributed by atoms with Crippen LogP contribution in [0.2, 0.25) is 0 Å². The van der Waals surface area contributed by atoms with Crippen molar-refractivity contribution in [1.82, 2.24) is 29.1 Å². The molecule has 0 spiro atoms. The minimum absolute atomic E-state index is 0.0703. The summed E-state index contributed by atoms with van der Waals surface area (Å²) in [6, 6.07) is 4.82. The fourth-order valence-corrected chi connectivity index (χ4v) is 4.77. The van der Waals surface area contributed by atoms with Crippen molar-refractivity contribution in [2.45, 2.75) is 42.9 Å². The number of nitrogen functional groups attached to an aromatic ring is 1. The van der Waals surface area contributed by atoms with Crippen molar-refractivity contribution in [3.8, 4) is 0 Å². The smallest absolute Gasteiger partial charge is 0.238 e. The van der Waals surface area contributed by atoms with E-state index in [2.05, 4.69) is 31.4 Å². The van der Waals surface area contributed by atoms with Crippen LogP contribution in [0.3, 0.4) is 0 Å². The average molecular weight is 447 g/mol. The first-order chi connectivity index (χ1) is 14.4. The Morgan fingerprint density at radius 3 is 2.77 bits per heavy atom. The van der Waals surface area contributed by atoms with Crippen LogP contribution in [-0.2, 0) is 23.1 Å². The van der Waals surface area contributed by atoms with Gasteiger partial charge in [-0.25, -0.2) is 33.5 Å². The van der Waals surface area contributed by atoms with Gasteiger partial charge in [0, 0.05) is 18.8 Å². The first-order valence-electron chi connectivity index (χ1n) is 9.45. The second kappa shape index (κ2) is 8.20. The number of fused-ring (bicyclic) bond motifs is 2. The Kier molecular flexibility index (Phi) is 5.62. The second-order valence-corrected chi connectivity index (χ2v) is 9.44. The van der Waals surface area contributed by atoms with Crippen LogP contribution in [0.5, 0.6) is 0 Å². The van der Waals surface area contributed by atoms with Gasteiger partial charge in [0.25, 0.3) is 0 Å². The Morgan fingerprint density at radius 1 is 1.17 bits per heavy atom. The van der Waals surface area contributed by atoms with Crippen molar-refractivity contribution >= 4 is 49.8 Å². The Labute approximate surface area is 177 Å². The van der Waals surface area contributed by atoms with Gasteiger partial charge in [0.05, 0.1) is 22.3 Å². The van der Waals surface area contributed by atoms with Crippen LogP contribution < -0.4 is 10.9 Å². The highest BCUT2D eigenvalue weighted by Crippen LogP contribution is 2.27. The molecule has 0 aliphatic rings. The summed E-state index contributed by atoms with van der Waals surface area (Å²) >= 11 is 1.64. The number of nitrogens with zero attached hydrogens (tertiary/aromatic N) is 6. The zero-order chi connectivity index (χ0) is 21.3. The van der Waals surface area contributed by atoms with Crippen molar-refractivity contribution in [2.75, 3.05) is 11.5 Å². The molecule has 4 rings (SSSR count). The van der Waals surface area contributed by atoms with E-state index in [0.717, 1.165) is 48.0 Å². The van der Waals surface area contributed by atoms with Crippen LogP contribution in [0.1, 0.15) is 19.8 Å². The summed E-state index contributed by atoms with van der Waals surface area (Å²) in [4.78, 5) is 17.2. The van der Waals surface area contributed by atoms with E-state index in [9.17, 15) is 8.42 Å². The summed E-state index contributed by atoms with van der Waals surface area (Å²) in [7, 11) is -3.76. The van der Waals surface area contributed by atoms with E-state index in [0.29, 0.717) is 16.9 Å². The molecular weight excluding hydrogens is 424 g/mol. The van der Waals surface area contributed by atoms with Crippen molar-refractivity contribution in [3.63, 3.8) is 0 Å². The first-order valence-corrected chi connectivity index (χ1v) is 12.0. The van der Waals surface area contributed by atoms with Crippen molar-refractivity contribution in [1.29, 1.82) is 0 Å². The highest BCUT2D eigenvalue weighted by molar-refractivity contribution is 7.99. The molecule has 4 N–H and O–H groups in total. The number of anilines is 1. The lowest BCUT2D eigenvalue weighted by molar-refractivity contribution is 0.598. The molecule has 0 radical (unpaired) electrons. The number of hydrogen-bond donors (Lipinski definition) is 2. The third kappa shape index (κ3) is 3.98. The van der Waals surface area contributed by atoms with Crippen LogP contribution in [-0.4, -0.2) is 43.2 Å². The maximum absolute atomic E-state index is 11.6. The Morgan fingerprint density at radius 2 is 2.00 bits per heavy atom. The van der Waals surface area contributed by atoms with Gasteiger partial charge in [-0.05, 0) is 31.0 Å². The molecule has 0 atom stereocenters. The van der Waals surface area contributed by atoms with Gasteiger partial charge < -0.3 is 14.9 Å². The molecule has 30 heavy (non-hydrogen) atoms. The maximum Gasteiger partial charge on any atom is 0.238 e. The maximum atomic E-state index is 11.6. The third-order valence-electron chi connectivity index (χ3n) is 4.66. The van der Waals surface area contributed by atoms with E-state index < -0.39 is 10.0 Å². The molecule has 0 fully saturated rings. The Hall–Kier alpha value is -2.70. The summed E-state index contributed by atoms with van der Waals surface area (Å²) in [6.07, 6.45) is 4.98. The van der Waals surface area contributed by atoms with Crippen molar-refractivity contribution < 1.29 is 8.42 Å². The van der Waals surface area contributed by atoms with Crippen LogP contribution >= 0.6 is 11.8 Å². The molecule has 3 aromatic heterocycles. The number of benzene rings is 1. The topological polar surface area (TPSA) is 148 Å². The molecular formula is C18H22N8O2S2. The molecule has 3 heterocycles. The van der Waals surface area contributed by atoms with Gasteiger partial charge in [-0.3, -0.25) is 0 Å². The molecule has 12 heteroatoms. The SMILES string of the molecule is CCCn1c(SCCCn2cnc3c(N)ncnc32)nc2cc(S(N)(=O)=O)ccc21. The molecule has 1 aromatic carbocycles. The largest absolute Gasteiger partial charge is 0.382 e. The highest BCUT2D eigenvalue weighted by atomic mass is 32.2. The van der Waals surface area contributed by atoms with Crippen molar-refractivity contribution in [2.24, 2.45) is 5.14 Å². The molecule has 0 aliphatic carbocycles.